The fourth-order valence-electron chi connectivity index (χ4n) is 2.23. The molecule has 0 aromatic heterocycles. The number of rotatable bonds is 4. The third-order valence-corrected chi connectivity index (χ3v) is 3.74. The van der Waals surface area contributed by atoms with E-state index in [9.17, 15) is 4.79 Å². The molecule has 0 radical (unpaired) electrons. The summed E-state index contributed by atoms with van der Waals surface area (Å²) in [7, 11) is 1.56. The van der Waals surface area contributed by atoms with E-state index in [0.717, 1.165) is 5.56 Å². The Morgan fingerprint density at radius 1 is 1.17 bits per heavy atom. The number of methoxy groups -OCH3 is 1. The van der Waals surface area contributed by atoms with Crippen molar-refractivity contribution < 1.29 is 19.0 Å². The lowest BCUT2D eigenvalue weighted by Gasteiger charge is -2.18. The molecule has 3 rings (SSSR count). The molecule has 0 fully saturated rings. The normalized spacial score (nSPS) is 12.9. The van der Waals surface area contributed by atoms with E-state index in [1.54, 1.807) is 31.4 Å². The lowest BCUT2D eigenvalue weighted by Crippen LogP contribution is -2.15. The number of anilines is 1. The third-order valence-electron chi connectivity index (χ3n) is 3.43. The van der Waals surface area contributed by atoms with Crippen LogP contribution in [0.2, 0.25) is 5.02 Å². The monoisotopic (exact) mass is 345 g/mol. The lowest BCUT2D eigenvalue weighted by atomic mass is 10.2. The summed E-state index contributed by atoms with van der Waals surface area (Å²) >= 11 is 6.10. The van der Waals surface area contributed by atoms with Gasteiger partial charge in [-0.2, -0.15) is 0 Å². The van der Waals surface area contributed by atoms with Crippen molar-refractivity contribution in [3.63, 3.8) is 0 Å². The van der Waals surface area contributed by atoms with Crippen molar-refractivity contribution in [2.75, 3.05) is 25.6 Å². The van der Waals surface area contributed by atoms with E-state index in [2.05, 4.69) is 5.32 Å². The van der Waals surface area contributed by atoms with Gasteiger partial charge >= 0.3 is 0 Å². The molecule has 0 unspecified atom stereocenters. The van der Waals surface area contributed by atoms with Gasteiger partial charge in [0.1, 0.15) is 19.0 Å². The molecule has 0 spiro atoms. The Balaban J connectivity index is 1.67. The molecule has 1 aliphatic rings. The zero-order chi connectivity index (χ0) is 16.9. The predicted molar refractivity (Wildman–Crippen MR) is 93.1 cm³/mol. The summed E-state index contributed by atoms with van der Waals surface area (Å²) in [6.45, 7) is 1.07. The fraction of sp³-hybridized carbons (Fsp3) is 0.167. The number of halogens is 1. The van der Waals surface area contributed by atoms with Crippen molar-refractivity contribution in [3.8, 4) is 17.2 Å². The maximum Gasteiger partial charge on any atom is 0.248 e. The van der Waals surface area contributed by atoms with E-state index in [-0.39, 0.29) is 5.91 Å². The second-order valence-electron chi connectivity index (χ2n) is 5.07. The number of hydrogen-bond donors (Lipinski definition) is 1. The van der Waals surface area contributed by atoms with Crippen LogP contribution in [0.5, 0.6) is 17.2 Å². The van der Waals surface area contributed by atoms with Gasteiger partial charge < -0.3 is 19.5 Å². The molecule has 0 saturated heterocycles. The summed E-state index contributed by atoms with van der Waals surface area (Å²) in [5.41, 5.74) is 1.37. The summed E-state index contributed by atoms with van der Waals surface area (Å²) in [5, 5.41) is 3.14. The van der Waals surface area contributed by atoms with Crippen LogP contribution in [0.25, 0.3) is 6.08 Å². The minimum absolute atomic E-state index is 0.281. The van der Waals surface area contributed by atoms with E-state index >= 15 is 0 Å². The average Bonchev–Trinajstić information content (AvgIpc) is 2.61. The van der Waals surface area contributed by atoms with E-state index in [0.29, 0.717) is 41.2 Å². The topological polar surface area (TPSA) is 56.8 Å². The SMILES string of the molecule is COc1ccc(NC(=O)C=Cc2ccc3c(c2)OCCO3)c(Cl)c1. The van der Waals surface area contributed by atoms with E-state index in [1.807, 2.05) is 18.2 Å². The second kappa shape index (κ2) is 7.27. The number of nitrogens with one attached hydrogen (secondary N) is 1. The van der Waals surface area contributed by atoms with E-state index < -0.39 is 0 Å². The minimum atomic E-state index is -0.281. The van der Waals surface area contributed by atoms with Gasteiger partial charge in [0.15, 0.2) is 11.5 Å². The highest BCUT2D eigenvalue weighted by Gasteiger charge is 2.11. The highest BCUT2D eigenvalue weighted by Crippen LogP contribution is 2.31. The number of amides is 1. The first-order chi connectivity index (χ1) is 11.7. The van der Waals surface area contributed by atoms with Gasteiger partial charge in [0.2, 0.25) is 5.91 Å². The predicted octanol–water partition coefficient (Wildman–Crippen LogP) is 3.77. The van der Waals surface area contributed by atoms with Crippen molar-refractivity contribution in [2.24, 2.45) is 0 Å². The fourth-order valence-corrected chi connectivity index (χ4v) is 2.45. The summed E-state index contributed by atoms with van der Waals surface area (Å²) in [5.74, 6) is 1.75. The van der Waals surface area contributed by atoms with Crippen LogP contribution in [0.1, 0.15) is 5.56 Å². The van der Waals surface area contributed by atoms with Gasteiger partial charge in [-0.15, -0.1) is 0 Å². The molecular weight excluding hydrogens is 330 g/mol. The quantitative estimate of drug-likeness (QED) is 0.857. The summed E-state index contributed by atoms with van der Waals surface area (Å²) in [6, 6.07) is 10.6. The Bertz CT molecular complexity index is 789. The number of carbonyl (C=O) groups is 1. The molecule has 1 amide bonds. The van der Waals surface area contributed by atoms with Crippen LogP contribution in [0.4, 0.5) is 5.69 Å². The largest absolute Gasteiger partial charge is 0.497 e. The molecule has 0 bridgehead atoms. The van der Waals surface area contributed by atoms with Crippen LogP contribution < -0.4 is 19.5 Å². The average molecular weight is 346 g/mol. The highest BCUT2D eigenvalue weighted by molar-refractivity contribution is 6.34. The number of fused-ring (bicyclic) bond motifs is 1. The van der Waals surface area contributed by atoms with Crippen molar-refractivity contribution in [2.45, 2.75) is 0 Å². The van der Waals surface area contributed by atoms with Crippen molar-refractivity contribution in [1.29, 1.82) is 0 Å². The third kappa shape index (κ3) is 3.81. The van der Waals surface area contributed by atoms with Crippen LogP contribution in [0, 0.1) is 0 Å². The molecule has 2 aromatic carbocycles. The van der Waals surface area contributed by atoms with Gasteiger partial charge in [0, 0.05) is 12.1 Å². The lowest BCUT2D eigenvalue weighted by molar-refractivity contribution is -0.111. The molecule has 1 aliphatic heterocycles. The Labute approximate surface area is 144 Å². The maximum atomic E-state index is 12.0. The molecular formula is C18H16ClNO4. The van der Waals surface area contributed by atoms with Crippen LogP contribution in [0.3, 0.4) is 0 Å². The van der Waals surface area contributed by atoms with Gasteiger partial charge in [-0.05, 0) is 35.9 Å². The highest BCUT2D eigenvalue weighted by atomic mass is 35.5. The van der Waals surface area contributed by atoms with Gasteiger partial charge in [-0.1, -0.05) is 17.7 Å². The molecule has 2 aromatic rings. The van der Waals surface area contributed by atoms with Crippen molar-refractivity contribution in [1.82, 2.24) is 0 Å². The van der Waals surface area contributed by atoms with Gasteiger partial charge in [0.05, 0.1) is 17.8 Å². The van der Waals surface area contributed by atoms with Crippen molar-refractivity contribution >= 4 is 29.3 Å². The van der Waals surface area contributed by atoms with Gasteiger partial charge in [-0.25, -0.2) is 0 Å². The Kier molecular flexibility index (Phi) is 4.91. The molecule has 5 nitrogen and oxygen atoms in total. The van der Waals surface area contributed by atoms with E-state index in [1.165, 1.54) is 6.08 Å². The molecule has 0 saturated carbocycles. The van der Waals surface area contributed by atoms with Crippen LogP contribution in [0.15, 0.2) is 42.5 Å². The Morgan fingerprint density at radius 2 is 1.96 bits per heavy atom. The van der Waals surface area contributed by atoms with Crippen LogP contribution in [-0.4, -0.2) is 26.2 Å². The maximum absolute atomic E-state index is 12.0. The van der Waals surface area contributed by atoms with Crippen LogP contribution in [-0.2, 0) is 4.79 Å². The smallest absolute Gasteiger partial charge is 0.248 e. The number of benzene rings is 2. The summed E-state index contributed by atoms with van der Waals surface area (Å²) in [6.07, 6.45) is 3.14. The molecule has 0 atom stereocenters. The molecule has 0 aliphatic carbocycles. The molecule has 24 heavy (non-hydrogen) atoms. The van der Waals surface area contributed by atoms with E-state index in [4.69, 9.17) is 25.8 Å². The second-order valence-corrected chi connectivity index (χ2v) is 5.48. The molecule has 1 heterocycles. The number of ether oxygens (including phenoxy) is 3. The molecule has 124 valence electrons. The van der Waals surface area contributed by atoms with Crippen LogP contribution >= 0.6 is 11.6 Å². The van der Waals surface area contributed by atoms with Crippen molar-refractivity contribution in [3.05, 3.63) is 53.1 Å². The first-order valence-electron chi connectivity index (χ1n) is 7.38. The minimum Gasteiger partial charge on any atom is -0.497 e. The van der Waals surface area contributed by atoms with Gasteiger partial charge in [-0.3, -0.25) is 4.79 Å². The number of carbonyl (C=O) groups excluding carboxylic acids is 1. The number of hydrogen-bond acceptors (Lipinski definition) is 4. The Morgan fingerprint density at radius 3 is 2.71 bits per heavy atom. The zero-order valence-electron chi connectivity index (χ0n) is 13.0. The Hall–Kier alpha value is -2.66. The summed E-state index contributed by atoms with van der Waals surface area (Å²) in [4.78, 5) is 12.0. The summed E-state index contributed by atoms with van der Waals surface area (Å²) < 4.78 is 16.0. The zero-order valence-corrected chi connectivity index (χ0v) is 13.8. The molecule has 6 heteroatoms. The first-order valence-corrected chi connectivity index (χ1v) is 7.76. The first kappa shape index (κ1) is 16.2. The molecule has 1 N–H and O–H groups in total. The van der Waals surface area contributed by atoms with Gasteiger partial charge in [0.25, 0.3) is 0 Å². The standard InChI is InChI=1S/C18H16ClNO4/c1-22-13-4-5-15(14(19)11-13)20-18(21)7-3-12-2-6-16-17(10-12)24-9-8-23-16/h2-7,10-11H,8-9H2,1H3,(H,20,21).